The van der Waals surface area contributed by atoms with E-state index in [4.69, 9.17) is 5.41 Å². The smallest absolute Gasteiger partial charge is 0.128 e. The van der Waals surface area contributed by atoms with E-state index in [0.29, 0.717) is 11.9 Å². The molecule has 1 aromatic rings. The summed E-state index contributed by atoms with van der Waals surface area (Å²) in [5.74, 6) is 3.08. The van der Waals surface area contributed by atoms with Gasteiger partial charge in [0.15, 0.2) is 0 Å². The van der Waals surface area contributed by atoms with Crippen LogP contribution in [-0.2, 0) is 6.54 Å². The van der Waals surface area contributed by atoms with Crippen LogP contribution >= 0.6 is 11.8 Å². The third kappa shape index (κ3) is 2.65. The molecule has 0 saturated carbocycles. The van der Waals surface area contributed by atoms with Crippen LogP contribution in [0.4, 0.5) is 0 Å². The average Bonchev–Trinajstić information content (AvgIpc) is 2.68. The molecule has 0 amide bonds. The molecule has 1 atom stereocenters. The lowest BCUT2D eigenvalue weighted by molar-refractivity contribution is 0.328. The largest absolute Gasteiger partial charge is 0.350 e. The Morgan fingerprint density at radius 3 is 2.88 bits per heavy atom. The van der Waals surface area contributed by atoms with Gasteiger partial charge in [0.1, 0.15) is 5.84 Å². The lowest BCUT2D eigenvalue weighted by Gasteiger charge is -2.26. The summed E-state index contributed by atoms with van der Waals surface area (Å²) in [6.45, 7) is 5.34. The third-order valence-electron chi connectivity index (χ3n) is 3.32. The zero-order valence-electron chi connectivity index (χ0n) is 10.6. The molecule has 0 radical (unpaired) electrons. The van der Waals surface area contributed by atoms with Crippen LogP contribution in [0.15, 0.2) is 24.3 Å². The molecule has 2 nitrogen and oxygen atoms in total. The summed E-state index contributed by atoms with van der Waals surface area (Å²) in [6.07, 6.45) is 1.16. The van der Waals surface area contributed by atoms with Gasteiger partial charge in [-0.15, -0.1) is 0 Å². The van der Waals surface area contributed by atoms with Gasteiger partial charge in [-0.3, -0.25) is 5.41 Å². The van der Waals surface area contributed by atoms with Gasteiger partial charge in [-0.1, -0.05) is 31.2 Å². The summed E-state index contributed by atoms with van der Waals surface area (Å²) in [5.41, 5.74) is 2.41. The van der Waals surface area contributed by atoms with E-state index in [9.17, 15) is 0 Å². The first-order valence-electron chi connectivity index (χ1n) is 6.25. The maximum absolute atomic E-state index is 8.22. The molecule has 0 bridgehead atoms. The maximum atomic E-state index is 8.22. The van der Waals surface area contributed by atoms with Crippen LogP contribution in [-0.4, -0.2) is 28.3 Å². The lowest BCUT2D eigenvalue weighted by atomic mass is 10.1. The van der Waals surface area contributed by atoms with Crippen molar-refractivity contribution in [3.63, 3.8) is 0 Å². The topological polar surface area (TPSA) is 27.1 Å². The van der Waals surface area contributed by atoms with Crippen molar-refractivity contribution in [2.45, 2.75) is 32.9 Å². The summed E-state index contributed by atoms with van der Waals surface area (Å²) < 4.78 is 0. The number of benzene rings is 1. The molecule has 1 N–H and O–H groups in total. The van der Waals surface area contributed by atoms with Crippen LogP contribution in [0.1, 0.15) is 31.4 Å². The second kappa shape index (κ2) is 5.58. The molecule has 0 aromatic heterocycles. The number of amidine groups is 1. The lowest BCUT2D eigenvalue weighted by Crippen LogP contribution is -2.33. The number of nitrogens with zero attached hydrogens (tertiary/aromatic N) is 1. The average molecular weight is 248 g/mol. The molecular formula is C14H20N2S. The molecule has 0 spiro atoms. The van der Waals surface area contributed by atoms with Crippen molar-refractivity contribution >= 4 is 17.6 Å². The second-order valence-corrected chi connectivity index (χ2v) is 5.86. The fourth-order valence-corrected chi connectivity index (χ4v) is 3.03. The highest BCUT2D eigenvalue weighted by molar-refractivity contribution is 7.99. The molecule has 2 rings (SSSR count). The van der Waals surface area contributed by atoms with Crippen molar-refractivity contribution in [3.05, 3.63) is 35.4 Å². The van der Waals surface area contributed by atoms with Gasteiger partial charge in [0.2, 0.25) is 0 Å². The number of rotatable bonds is 5. The molecule has 1 heterocycles. The highest BCUT2D eigenvalue weighted by Crippen LogP contribution is 2.25. The van der Waals surface area contributed by atoms with Crippen molar-refractivity contribution in [1.82, 2.24) is 4.90 Å². The van der Waals surface area contributed by atoms with E-state index in [2.05, 4.69) is 36.9 Å². The van der Waals surface area contributed by atoms with E-state index < -0.39 is 0 Å². The number of hydrogen-bond acceptors (Lipinski definition) is 2. The van der Waals surface area contributed by atoms with Gasteiger partial charge in [0.25, 0.3) is 0 Å². The Morgan fingerprint density at radius 2 is 2.18 bits per heavy atom. The Kier molecular flexibility index (Phi) is 4.11. The first-order valence-corrected chi connectivity index (χ1v) is 7.40. The van der Waals surface area contributed by atoms with Crippen LogP contribution in [0.2, 0.25) is 0 Å². The van der Waals surface area contributed by atoms with Crippen molar-refractivity contribution in [3.8, 4) is 0 Å². The Bertz CT molecular complexity index is 403. The van der Waals surface area contributed by atoms with E-state index in [-0.39, 0.29) is 0 Å². The van der Waals surface area contributed by atoms with Crippen LogP contribution < -0.4 is 0 Å². The molecular weight excluding hydrogens is 228 g/mol. The minimum Gasteiger partial charge on any atom is -0.350 e. The molecule has 3 heteroatoms. The van der Waals surface area contributed by atoms with Crippen molar-refractivity contribution in [2.24, 2.45) is 0 Å². The van der Waals surface area contributed by atoms with Gasteiger partial charge in [0, 0.05) is 18.2 Å². The Labute approximate surface area is 108 Å². The second-order valence-electron chi connectivity index (χ2n) is 4.47. The predicted octanol–water partition coefficient (Wildman–Crippen LogP) is 3.36. The van der Waals surface area contributed by atoms with Crippen LogP contribution in [0, 0.1) is 5.41 Å². The molecule has 1 aromatic carbocycles. The standard InChI is InChI=1S/C14H20N2S/c1-3-17-9-8-11(2)16-10-12-6-4-5-7-13(12)14(16)15/h4-7,11,15H,3,8-10H2,1-2H3. The summed E-state index contributed by atoms with van der Waals surface area (Å²) in [6, 6.07) is 8.75. The molecule has 0 fully saturated rings. The predicted molar refractivity (Wildman–Crippen MR) is 75.9 cm³/mol. The zero-order valence-corrected chi connectivity index (χ0v) is 11.4. The molecule has 0 aliphatic carbocycles. The monoisotopic (exact) mass is 248 g/mol. The van der Waals surface area contributed by atoms with E-state index >= 15 is 0 Å². The van der Waals surface area contributed by atoms with Gasteiger partial charge < -0.3 is 4.90 Å². The molecule has 1 aliphatic heterocycles. The van der Waals surface area contributed by atoms with Gasteiger partial charge in [-0.05, 0) is 30.4 Å². The number of fused-ring (bicyclic) bond motifs is 1. The van der Waals surface area contributed by atoms with Gasteiger partial charge >= 0.3 is 0 Å². The van der Waals surface area contributed by atoms with Gasteiger partial charge in [-0.2, -0.15) is 11.8 Å². The van der Waals surface area contributed by atoms with Crippen molar-refractivity contribution in [1.29, 1.82) is 5.41 Å². The number of thioether (sulfide) groups is 1. The van der Waals surface area contributed by atoms with Crippen LogP contribution in [0.3, 0.4) is 0 Å². The molecule has 1 aliphatic rings. The molecule has 92 valence electrons. The summed E-state index contributed by atoms with van der Waals surface area (Å²) in [5, 5.41) is 8.22. The molecule has 0 saturated heterocycles. The minimum absolute atomic E-state index is 0.467. The Morgan fingerprint density at radius 1 is 1.41 bits per heavy atom. The zero-order chi connectivity index (χ0) is 12.3. The van der Waals surface area contributed by atoms with Crippen molar-refractivity contribution in [2.75, 3.05) is 11.5 Å². The van der Waals surface area contributed by atoms with Crippen molar-refractivity contribution < 1.29 is 0 Å². The third-order valence-corrected chi connectivity index (χ3v) is 4.25. The molecule has 1 unspecified atom stereocenters. The summed E-state index contributed by atoms with van der Waals surface area (Å²) >= 11 is 1.98. The number of hydrogen-bond donors (Lipinski definition) is 1. The van der Waals surface area contributed by atoms with E-state index in [1.54, 1.807) is 0 Å². The van der Waals surface area contributed by atoms with Gasteiger partial charge in [-0.25, -0.2) is 0 Å². The van der Waals surface area contributed by atoms with Crippen LogP contribution in [0.5, 0.6) is 0 Å². The Hall–Kier alpha value is -0.960. The van der Waals surface area contributed by atoms with E-state index in [0.717, 1.165) is 18.5 Å². The fourth-order valence-electron chi connectivity index (χ4n) is 2.24. The first-order chi connectivity index (χ1) is 8.24. The number of nitrogens with one attached hydrogen (secondary N) is 1. The quantitative estimate of drug-likeness (QED) is 0.809. The van der Waals surface area contributed by atoms with Crippen LogP contribution in [0.25, 0.3) is 0 Å². The highest BCUT2D eigenvalue weighted by atomic mass is 32.2. The fraction of sp³-hybridized carbons (Fsp3) is 0.500. The first kappa shape index (κ1) is 12.5. The van der Waals surface area contributed by atoms with E-state index in [1.807, 2.05) is 17.8 Å². The summed E-state index contributed by atoms with van der Waals surface area (Å²) in [7, 11) is 0. The normalized spacial score (nSPS) is 16.1. The maximum Gasteiger partial charge on any atom is 0.128 e. The summed E-state index contributed by atoms with van der Waals surface area (Å²) in [4.78, 5) is 2.22. The van der Waals surface area contributed by atoms with E-state index in [1.165, 1.54) is 17.1 Å². The Balaban J connectivity index is 1.99. The SMILES string of the molecule is CCSCCC(C)N1Cc2ccccc2C1=N. The highest BCUT2D eigenvalue weighted by Gasteiger charge is 2.26. The molecule has 17 heavy (non-hydrogen) atoms. The van der Waals surface area contributed by atoms with Gasteiger partial charge in [0.05, 0.1) is 0 Å². The minimum atomic E-state index is 0.467.